The maximum atomic E-state index is 11.2. The normalized spacial score (nSPS) is 17.8. The van der Waals surface area contributed by atoms with Crippen LogP contribution < -0.4 is 5.32 Å². The van der Waals surface area contributed by atoms with E-state index in [0.717, 1.165) is 94.6 Å². The molecule has 11 heteroatoms. The Morgan fingerprint density at radius 3 is 2.49 bits per heavy atom. The minimum atomic E-state index is -0.763. The molecule has 2 fully saturated rings. The number of likely N-dealkylation sites (tertiary alicyclic amines) is 2. The fourth-order valence-electron chi connectivity index (χ4n) is 7.96. The monoisotopic (exact) mass is 707 g/mol. The number of pyridine rings is 2. The summed E-state index contributed by atoms with van der Waals surface area (Å²) in [6, 6.07) is 22.5. The zero-order valence-corrected chi connectivity index (χ0v) is 29.8. The summed E-state index contributed by atoms with van der Waals surface area (Å²) in [5.41, 5.74) is 10.3. The van der Waals surface area contributed by atoms with Gasteiger partial charge in [-0.1, -0.05) is 24.3 Å². The number of β-amino-alcohol motifs (C(OH)–C–C–N with tert-alkyl or cyclic N) is 1. The molecule has 3 aromatic carbocycles. The molecule has 268 valence electrons. The molecule has 3 N–H and O–H groups in total. The Kier molecular flexibility index (Phi) is 9.35. The molecule has 0 radical (unpaired) electrons. The predicted octanol–water partition coefficient (Wildman–Crippen LogP) is 7.20. The zero-order valence-electron chi connectivity index (χ0n) is 29.8. The summed E-state index contributed by atoms with van der Waals surface area (Å²) in [6.45, 7) is 8.66. The number of rotatable bonds is 10. The standard InChI is InChI=1S/C42H41N7O4/c1-25-33(5-3-7-35(25)42-47-37-17-28(15-31(19-43)40(37)53-42)22-48-13-10-27(21-48)18-38(51)52)34-6-4-8-36(26(34)2)46-41-39-30(9-12-44-41)16-29(20-45-39)23-49-14-11-32(50)24-49/h3-9,12,15-17,20,27,32,50H,10-11,13-14,18,21-24H2,1-2H3,(H,44,46)(H,51,52). The lowest BCUT2D eigenvalue weighted by molar-refractivity contribution is -0.138. The first kappa shape index (κ1) is 34.4. The number of aliphatic carboxylic acids is 1. The minimum absolute atomic E-state index is 0.142. The van der Waals surface area contributed by atoms with E-state index in [1.807, 2.05) is 48.7 Å². The van der Waals surface area contributed by atoms with Crippen molar-refractivity contribution in [2.75, 3.05) is 31.5 Å². The van der Waals surface area contributed by atoms with E-state index in [4.69, 9.17) is 14.4 Å². The van der Waals surface area contributed by atoms with E-state index in [1.54, 1.807) is 6.20 Å². The molecule has 2 atom stereocenters. The van der Waals surface area contributed by atoms with Crippen LogP contribution in [0.2, 0.25) is 0 Å². The number of nitrogens with zero attached hydrogens (tertiary/aromatic N) is 6. The van der Waals surface area contributed by atoms with Gasteiger partial charge in [0.25, 0.3) is 0 Å². The molecule has 53 heavy (non-hydrogen) atoms. The van der Waals surface area contributed by atoms with Crippen molar-refractivity contribution in [1.82, 2.24) is 24.8 Å². The van der Waals surface area contributed by atoms with Gasteiger partial charge in [0.1, 0.15) is 17.1 Å². The van der Waals surface area contributed by atoms with E-state index in [9.17, 15) is 20.3 Å². The molecular formula is C42H41N7O4. The highest BCUT2D eigenvalue weighted by Crippen LogP contribution is 2.38. The molecule has 6 aromatic rings. The minimum Gasteiger partial charge on any atom is -0.481 e. The highest BCUT2D eigenvalue weighted by Gasteiger charge is 2.26. The van der Waals surface area contributed by atoms with Crippen LogP contribution in [0.3, 0.4) is 0 Å². The van der Waals surface area contributed by atoms with Gasteiger partial charge in [0.2, 0.25) is 5.89 Å². The van der Waals surface area contributed by atoms with E-state index in [-0.39, 0.29) is 18.4 Å². The molecule has 3 aromatic heterocycles. The number of carboxylic acid groups (broad SMARTS) is 1. The summed E-state index contributed by atoms with van der Waals surface area (Å²) in [6.07, 6.45) is 5.29. The van der Waals surface area contributed by atoms with E-state index in [2.05, 4.69) is 58.2 Å². The van der Waals surface area contributed by atoms with Gasteiger partial charge in [0, 0.05) is 68.2 Å². The van der Waals surface area contributed by atoms with Crippen molar-refractivity contribution >= 4 is 39.5 Å². The van der Waals surface area contributed by atoms with E-state index in [0.29, 0.717) is 41.5 Å². The van der Waals surface area contributed by atoms with Crippen molar-refractivity contribution in [3.63, 3.8) is 0 Å². The second kappa shape index (κ2) is 14.4. The van der Waals surface area contributed by atoms with E-state index in [1.165, 1.54) is 0 Å². The van der Waals surface area contributed by atoms with Crippen LogP contribution in [-0.4, -0.2) is 73.2 Å². The average Bonchev–Trinajstić information content (AvgIpc) is 3.88. The van der Waals surface area contributed by atoms with Crippen molar-refractivity contribution in [2.24, 2.45) is 5.92 Å². The molecule has 0 aliphatic carbocycles. The first-order valence-corrected chi connectivity index (χ1v) is 18.1. The number of fused-ring (bicyclic) bond motifs is 2. The summed E-state index contributed by atoms with van der Waals surface area (Å²) >= 11 is 0. The van der Waals surface area contributed by atoms with Gasteiger partial charge in [0.05, 0.1) is 11.7 Å². The van der Waals surface area contributed by atoms with Gasteiger partial charge in [-0.3, -0.25) is 19.6 Å². The zero-order chi connectivity index (χ0) is 36.6. The highest BCUT2D eigenvalue weighted by molar-refractivity contribution is 5.91. The Labute approximate surface area is 307 Å². The number of aromatic nitrogens is 3. The maximum Gasteiger partial charge on any atom is 0.303 e. The summed E-state index contributed by atoms with van der Waals surface area (Å²) in [4.78, 5) is 30.0. The molecule has 5 heterocycles. The number of nitrogens with one attached hydrogen (secondary N) is 1. The molecule has 2 aliphatic heterocycles. The highest BCUT2D eigenvalue weighted by atomic mass is 16.4. The second-order valence-corrected chi connectivity index (χ2v) is 14.4. The van der Waals surface area contributed by atoms with Crippen LogP contribution in [-0.2, 0) is 17.9 Å². The van der Waals surface area contributed by atoms with Crippen LogP contribution >= 0.6 is 0 Å². The third kappa shape index (κ3) is 7.09. The third-order valence-electron chi connectivity index (χ3n) is 10.7. The van der Waals surface area contributed by atoms with Crippen LogP contribution in [0.5, 0.6) is 0 Å². The van der Waals surface area contributed by atoms with Gasteiger partial charge in [-0.25, -0.2) is 9.97 Å². The average molecular weight is 708 g/mol. The Balaban J connectivity index is 1.05. The number of hydrogen-bond acceptors (Lipinski definition) is 10. The summed E-state index contributed by atoms with van der Waals surface area (Å²) in [5.74, 6) is 0.512. The first-order valence-electron chi connectivity index (χ1n) is 18.1. The molecule has 2 unspecified atom stereocenters. The maximum absolute atomic E-state index is 11.2. The third-order valence-corrected chi connectivity index (χ3v) is 10.7. The largest absolute Gasteiger partial charge is 0.481 e. The summed E-state index contributed by atoms with van der Waals surface area (Å²) < 4.78 is 6.30. The number of aliphatic hydroxyl groups is 1. The number of oxazole rings is 1. The SMILES string of the molecule is Cc1c(Nc2nccc3cc(CN4CCC(O)C4)cnc23)cccc1-c1cccc(-c2nc3cc(CN4CCC(CC(=O)O)C4)cc(C#N)c3o2)c1C. The van der Waals surface area contributed by atoms with Crippen LogP contribution in [0.25, 0.3) is 44.6 Å². The van der Waals surface area contributed by atoms with E-state index < -0.39 is 5.97 Å². The van der Waals surface area contributed by atoms with Crippen molar-refractivity contribution in [3.8, 4) is 28.7 Å². The lowest BCUT2D eigenvalue weighted by Gasteiger charge is -2.17. The first-order chi connectivity index (χ1) is 25.7. The van der Waals surface area contributed by atoms with E-state index >= 15 is 0 Å². The fourth-order valence-corrected chi connectivity index (χ4v) is 7.96. The molecular weight excluding hydrogens is 667 g/mol. The van der Waals surface area contributed by atoms with Gasteiger partial charge in [-0.15, -0.1) is 0 Å². The molecule has 2 saturated heterocycles. The smallest absolute Gasteiger partial charge is 0.303 e. The molecule has 8 rings (SSSR count). The Morgan fingerprint density at radius 2 is 1.70 bits per heavy atom. The van der Waals surface area contributed by atoms with Gasteiger partial charge in [-0.2, -0.15) is 5.26 Å². The number of nitriles is 1. The molecule has 2 aliphatic rings. The Morgan fingerprint density at radius 1 is 0.943 bits per heavy atom. The van der Waals surface area contributed by atoms with Crippen LogP contribution in [0.4, 0.5) is 11.5 Å². The summed E-state index contributed by atoms with van der Waals surface area (Å²) in [5, 5.41) is 33.7. The van der Waals surface area contributed by atoms with Crippen molar-refractivity contribution < 1.29 is 19.4 Å². The van der Waals surface area contributed by atoms with Gasteiger partial charge >= 0.3 is 5.97 Å². The Bertz CT molecular complexity index is 2400. The second-order valence-electron chi connectivity index (χ2n) is 14.4. The van der Waals surface area contributed by atoms with Crippen LogP contribution in [0, 0.1) is 31.1 Å². The van der Waals surface area contributed by atoms with Gasteiger partial charge in [0.15, 0.2) is 11.4 Å². The molecule has 11 nitrogen and oxygen atoms in total. The van der Waals surface area contributed by atoms with Gasteiger partial charge in [-0.05, 0) is 109 Å². The lowest BCUT2D eigenvalue weighted by Crippen LogP contribution is -2.21. The topological polar surface area (TPSA) is 152 Å². The molecule has 0 bridgehead atoms. The number of carboxylic acids is 1. The number of anilines is 2. The summed E-state index contributed by atoms with van der Waals surface area (Å²) in [7, 11) is 0. The molecule has 0 amide bonds. The number of benzene rings is 3. The van der Waals surface area contributed by atoms with Gasteiger partial charge < -0.3 is 19.9 Å². The van der Waals surface area contributed by atoms with Crippen LogP contribution in [0.1, 0.15) is 47.1 Å². The number of aliphatic hydroxyl groups excluding tert-OH is 1. The molecule has 0 saturated carbocycles. The van der Waals surface area contributed by atoms with Crippen LogP contribution in [0.15, 0.2) is 77.5 Å². The van der Waals surface area contributed by atoms with Crippen molar-refractivity contribution in [3.05, 3.63) is 101 Å². The fraction of sp³-hybridized carbons (Fsp3) is 0.310. The quantitative estimate of drug-likeness (QED) is 0.133. The van der Waals surface area contributed by atoms with Crippen molar-refractivity contribution in [1.29, 1.82) is 5.26 Å². The Hall–Kier alpha value is -5.67. The molecule has 0 spiro atoms. The van der Waals surface area contributed by atoms with Crippen molar-refractivity contribution in [2.45, 2.75) is 52.3 Å². The lowest BCUT2D eigenvalue weighted by atomic mass is 9.93. The number of hydrogen-bond donors (Lipinski definition) is 3. The predicted molar refractivity (Wildman–Crippen MR) is 203 cm³/mol. The number of carbonyl (C=O) groups is 1.